The van der Waals surface area contributed by atoms with Crippen LogP contribution in [0, 0.1) is 13.8 Å². The van der Waals surface area contributed by atoms with E-state index in [1.807, 2.05) is 62.4 Å². The van der Waals surface area contributed by atoms with E-state index in [0.717, 1.165) is 11.3 Å². The van der Waals surface area contributed by atoms with Gasteiger partial charge >= 0.3 is 0 Å². The largest absolute Gasteiger partial charge is 0.465 e. The second kappa shape index (κ2) is 6.75. The highest BCUT2D eigenvalue weighted by Gasteiger charge is 2.05. The number of nitrogens with one attached hydrogen (secondary N) is 1. The van der Waals surface area contributed by atoms with Crippen molar-refractivity contribution in [2.75, 3.05) is 5.32 Å². The van der Waals surface area contributed by atoms with Gasteiger partial charge in [0.25, 0.3) is 5.91 Å². The molecule has 0 unspecified atom stereocenters. The van der Waals surface area contributed by atoms with Gasteiger partial charge in [-0.2, -0.15) is 0 Å². The quantitative estimate of drug-likeness (QED) is 0.673. The maximum absolute atomic E-state index is 12.0. The second-order valence-corrected chi connectivity index (χ2v) is 5.05. The zero-order chi connectivity index (χ0) is 15.2. The van der Waals surface area contributed by atoms with Crippen LogP contribution in [0.4, 0.5) is 5.69 Å². The fourth-order valence-corrected chi connectivity index (χ4v) is 1.69. The van der Waals surface area contributed by atoms with Crippen LogP contribution in [-0.2, 0) is 4.79 Å². The molecule has 0 aliphatic rings. The van der Waals surface area contributed by atoms with Crippen LogP contribution in [0.5, 0.6) is 5.75 Å². The lowest BCUT2D eigenvalue weighted by Crippen LogP contribution is -2.13. The molecule has 0 heterocycles. The van der Waals surface area contributed by atoms with Crippen LogP contribution in [0.25, 0.3) is 0 Å². The van der Waals surface area contributed by atoms with Crippen LogP contribution < -0.4 is 10.1 Å². The highest BCUT2D eigenvalue weighted by atomic mass is 16.5. The topological polar surface area (TPSA) is 38.3 Å². The summed E-state index contributed by atoms with van der Waals surface area (Å²) in [6, 6.07) is 15.3. The average molecular weight is 281 g/mol. The Morgan fingerprint density at radius 3 is 2.05 bits per heavy atom. The standard InChI is InChI=1S/C18H19NO2/c1-13-4-8-16(9-5-13)19-18(20)15(3)12-21-17-10-6-14(2)7-11-17/h4-12H,1-3H3,(H,19,20). The molecule has 0 aromatic heterocycles. The number of benzene rings is 2. The molecule has 0 bridgehead atoms. The Kier molecular flexibility index (Phi) is 4.77. The van der Waals surface area contributed by atoms with Gasteiger partial charge in [0.1, 0.15) is 5.75 Å². The molecule has 0 spiro atoms. The summed E-state index contributed by atoms with van der Waals surface area (Å²) >= 11 is 0. The number of amides is 1. The summed E-state index contributed by atoms with van der Waals surface area (Å²) in [6.07, 6.45) is 1.47. The Bertz CT molecular complexity index is 640. The van der Waals surface area contributed by atoms with Gasteiger partial charge < -0.3 is 10.1 Å². The van der Waals surface area contributed by atoms with Gasteiger partial charge in [-0.3, -0.25) is 4.79 Å². The van der Waals surface area contributed by atoms with E-state index in [4.69, 9.17) is 4.74 Å². The van der Waals surface area contributed by atoms with Crippen molar-refractivity contribution in [1.29, 1.82) is 0 Å². The Morgan fingerprint density at radius 1 is 0.952 bits per heavy atom. The Labute approximate surface area is 125 Å². The predicted octanol–water partition coefficient (Wildman–Crippen LogP) is 4.22. The molecule has 3 nitrogen and oxygen atoms in total. The monoisotopic (exact) mass is 281 g/mol. The molecule has 0 aliphatic carbocycles. The predicted molar refractivity (Wildman–Crippen MR) is 85.4 cm³/mol. The molecule has 0 fully saturated rings. The smallest absolute Gasteiger partial charge is 0.254 e. The number of hydrogen-bond acceptors (Lipinski definition) is 2. The number of carbonyl (C=O) groups excluding carboxylic acids is 1. The first-order chi connectivity index (χ1) is 10.0. The lowest BCUT2D eigenvalue weighted by Gasteiger charge is -2.06. The van der Waals surface area contributed by atoms with Gasteiger partial charge in [-0.25, -0.2) is 0 Å². The summed E-state index contributed by atoms with van der Waals surface area (Å²) < 4.78 is 5.48. The summed E-state index contributed by atoms with van der Waals surface area (Å²) in [5.74, 6) is 0.536. The summed E-state index contributed by atoms with van der Waals surface area (Å²) in [5.41, 5.74) is 3.60. The fourth-order valence-electron chi connectivity index (χ4n) is 1.69. The highest BCUT2D eigenvalue weighted by Crippen LogP contribution is 2.13. The summed E-state index contributed by atoms with van der Waals surface area (Å²) in [6.45, 7) is 5.74. The van der Waals surface area contributed by atoms with Crippen molar-refractivity contribution < 1.29 is 9.53 Å². The molecule has 2 rings (SSSR count). The van der Waals surface area contributed by atoms with Gasteiger partial charge in [0.2, 0.25) is 0 Å². The van der Waals surface area contributed by atoms with Crippen molar-refractivity contribution >= 4 is 11.6 Å². The maximum atomic E-state index is 12.0. The second-order valence-electron chi connectivity index (χ2n) is 5.05. The van der Waals surface area contributed by atoms with Crippen molar-refractivity contribution in [3.05, 3.63) is 71.5 Å². The number of carbonyl (C=O) groups is 1. The van der Waals surface area contributed by atoms with E-state index in [0.29, 0.717) is 11.3 Å². The van der Waals surface area contributed by atoms with Gasteiger partial charge in [-0.15, -0.1) is 0 Å². The zero-order valence-corrected chi connectivity index (χ0v) is 12.5. The molecule has 1 N–H and O–H groups in total. The number of aryl methyl sites for hydroxylation is 2. The van der Waals surface area contributed by atoms with Crippen LogP contribution in [0.15, 0.2) is 60.4 Å². The third kappa shape index (κ3) is 4.49. The minimum absolute atomic E-state index is 0.175. The first-order valence-corrected chi connectivity index (χ1v) is 6.83. The van der Waals surface area contributed by atoms with E-state index in [9.17, 15) is 4.79 Å². The molecule has 0 atom stereocenters. The molecule has 108 valence electrons. The van der Waals surface area contributed by atoms with Crippen LogP contribution in [0.1, 0.15) is 18.1 Å². The third-order valence-electron chi connectivity index (χ3n) is 3.06. The first-order valence-electron chi connectivity index (χ1n) is 6.83. The Balaban J connectivity index is 1.96. The summed E-state index contributed by atoms with van der Waals surface area (Å²) in [4.78, 5) is 12.0. The average Bonchev–Trinajstić information content (AvgIpc) is 2.48. The van der Waals surface area contributed by atoms with Crippen LogP contribution in [-0.4, -0.2) is 5.91 Å². The molecule has 0 saturated heterocycles. The summed E-state index contributed by atoms with van der Waals surface area (Å²) in [7, 11) is 0. The SMILES string of the molecule is CC(=COc1ccc(C)cc1)C(=O)Nc1ccc(C)cc1. The molecule has 0 aliphatic heterocycles. The molecule has 0 radical (unpaired) electrons. The molecule has 1 amide bonds. The van der Waals surface area contributed by atoms with Crippen molar-refractivity contribution in [1.82, 2.24) is 0 Å². The Hall–Kier alpha value is -2.55. The number of ether oxygens (including phenoxy) is 1. The first kappa shape index (κ1) is 14.9. The molecule has 2 aromatic carbocycles. The minimum Gasteiger partial charge on any atom is -0.465 e. The normalized spacial score (nSPS) is 11.1. The maximum Gasteiger partial charge on any atom is 0.254 e. The van der Waals surface area contributed by atoms with Gasteiger partial charge in [0.15, 0.2) is 0 Å². The van der Waals surface area contributed by atoms with Gasteiger partial charge in [-0.05, 0) is 45.0 Å². The molecule has 3 heteroatoms. The van der Waals surface area contributed by atoms with Crippen LogP contribution >= 0.6 is 0 Å². The molecule has 21 heavy (non-hydrogen) atoms. The zero-order valence-electron chi connectivity index (χ0n) is 12.5. The minimum atomic E-state index is -0.175. The van der Waals surface area contributed by atoms with Crippen molar-refractivity contribution in [2.45, 2.75) is 20.8 Å². The highest BCUT2D eigenvalue weighted by molar-refractivity contribution is 6.03. The van der Waals surface area contributed by atoms with E-state index in [-0.39, 0.29) is 5.91 Å². The fraction of sp³-hybridized carbons (Fsp3) is 0.167. The van der Waals surface area contributed by atoms with Crippen molar-refractivity contribution in [3.63, 3.8) is 0 Å². The van der Waals surface area contributed by atoms with Crippen LogP contribution in [0.3, 0.4) is 0 Å². The molecular formula is C18H19NO2. The third-order valence-corrected chi connectivity index (χ3v) is 3.06. The van der Waals surface area contributed by atoms with Gasteiger partial charge in [0.05, 0.1) is 6.26 Å². The van der Waals surface area contributed by atoms with Crippen molar-refractivity contribution in [3.8, 4) is 5.75 Å². The van der Waals surface area contributed by atoms with E-state index in [1.165, 1.54) is 11.8 Å². The van der Waals surface area contributed by atoms with Gasteiger partial charge in [-0.1, -0.05) is 35.4 Å². The molecule has 0 saturated carbocycles. The number of anilines is 1. The number of hydrogen-bond donors (Lipinski definition) is 1. The molecular weight excluding hydrogens is 262 g/mol. The van der Waals surface area contributed by atoms with E-state index < -0.39 is 0 Å². The van der Waals surface area contributed by atoms with Gasteiger partial charge in [0, 0.05) is 11.3 Å². The number of rotatable bonds is 4. The van der Waals surface area contributed by atoms with E-state index in [2.05, 4.69) is 5.32 Å². The Morgan fingerprint density at radius 2 is 1.48 bits per heavy atom. The van der Waals surface area contributed by atoms with Crippen molar-refractivity contribution in [2.24, 2.45) is 0 Å². The molecule has 2 aromatic rings. The lowest BCUT2D eigenvalue weighted by molar-refractivity contribution is -0.112. The van der Waals surface area contributed by atoms with E-state index in [1.54, 1.807) is 6.92 Å². The van der Waals surface area contributed by atoms with E-state index >= 15 is 0 Å². The summed E-state index contributed by atoms with van der Waals surface area (Å²) in [5, 5.41) is 2.83. The lowest BCUT2D eigenvalue weighted by atomic mass is 10.2. The van der Waals surface area contributed by atoms with Crippen LogP contribution in [0.2, 0.25) is 0 Å².